The zero-order valence-corrected chi connectivity index (χ0v) is 12.7. The number of thiazole rings is 1. The molecule has 18 heavy (non-hydrogen) atoms. The van der Waals surface area contributed by atoms with Gasteiger partial charge in [0.05, 0.1) is 18.0 Å². The van der Waals surface area contributed by atoms with Crippen molar-refractivity contribution in [1.82, 2.24) is 9.88 Å². The van der Waals surface area contributed by atoms with E-state index in [0.29, 0.717) is 16.2 Å². The fraction of sp³-hybridized carbons (Fsp3) is 0.545. The predicted octanol–water partition coefficient (Wildman–Crippen LogP) is 2.84. The second-order valence-electron chi connectivity index (χ2n) is 5.00. The molecular weight excluding hydrogens is 320 g/mol. The molecule has 0 aromatic carbocycles. The lowest BCUT2D eigenvalue weighted by molar-refractivity contribution is 0.0222. The van der Waals surface area contributed by atoms with E-state index < -0.39 is 11.7 Å². The number of Topliss-reactive ketones (excluding diaryl/α,β-unsaturated/α-hetero) is 1. The van der Waals surface area contributed by atoms with Gasteiger partial charge >= 0.3 is 6.09 Å². The summed E-state index contributed by atoms with van der Waals surface area (Å²) in [5.41, 5.74) is -0.0963. The van der Waals surface area contributed by atoms with Crippen LogP contribution in [0.4, 0.5) is 4.79 Å². The third kappa shape index (κ3) is 2.89. The number of ketones is 1. The Morgan fingerprint density at radius 2 is 2.11 bits per heavy atom. The van der Waals surface area contributed by atoms with Crippen molar-refractivity contribution in [2.75, 3.05) is 6.54 Å². The highest BCUT2D eigenvalue weighted by Gasteiger charge is 2.32. The molecule has 2 rings (SSSR count). The Morgan fingerprint density at radius 1 is 1.44 bits per heavy atom. The van der Waals surface area contributed by atoms with Gasteiger partial charge in [0.25, 0.3) is 0 Å². The number of hydrogen-bond donors (Lipinski definition) is 0. The first-order valence-electron chi connectivity index (χ1n) is 5.42. The van der Waals surface area contributed by atoms with Crippen LogP contribution in [0.2, 0.25) is 0 Å². The maximum atomic E-state index is 11.9. The fourth-order valence-electron chi connectivity index (χ4n) is 1.58. The lowest BCUT2D eigenvalue weighted by atomic mass is 10.1. The van der Waals surface area contributed by atoms with Crippen LogP contribution >= 0.6 is 27.3 Å². The van der Waals surface area contributed by atoms with Crippen molar-refractivity contribution in [3.05, 3.63) is 14.5 Å². The van der Waals surface area contributed by atoms with E-state index in [-0.39, 0.29) is 12.3 Å². The third-order valence-electron chi connectivity index (χ3n) is 2.26. The van der Waals surface area contributed by atoms with Crippen molar-refractivity contribution in [3.8, 4) is 0 Å². The Hall–Kier alpha value is -0.950. The van der Waals surface area contributed by atoms with Gasteiger partial charge in [-0.3, -0.25) is 9.69 Å². The van der Waals surface area contributed by atoms with Crippen LogP contribution in [0, 0.1) is 0 Å². The van der Waals surface area contributed by atoms with Crippen molar-refractivity contribution in [2.24, 2.45) is 0 Å². The summed E-state index contributed by atoms with van der Waals surface area (Å²) in [5, 5.41) is 0. The van der Waals surface area contributed by atoms with Crippen molar-refractivity contribution in [1.29, 1.82) is 0 Å². The molecule has 1 aliphatic rings. The molecule has 2 heterocycles. The van der Waals surface area contributed by atoms with E-state index in [2.05, 4.69) is 20.9 Å². The molecule has 0 atom stereocenters. The van der Waals surface area contributed by atoms with E-state index in [1.807, 2.05) is 0 Å². The molecule has 5 nitrogen and oxygen atoms in total. The highest BCUT2D eigenvalue weighted by molar-refractivity contribution is 9.11. The van der Waals surface area contributed by atoms with Crippen molar-refractivity contribution >= 4 is 39.1 Å². The number of carbonyl (C=O) groups excluding carboxylic acids is 2. The van der Waals surface area contributed by atoms with Crippen LogP contribution in [0.3, 0.4) is 0 Å². The van der Waals surface area contributed by atoms with E-state index in [1.54, 1.807) is 20.8 Å². The van der Waals surface area contributed by atoms with Crippen molar-refractivity contribution in [3.63, 3.8) is 0 Å². The van der Waals surface area contributed by atoms with E-state index >= 15 is 0 Å². The smallest absolute Gasteiger partial charge is 0.411 e. The first kappa shape index (κ1) is 13.5. The predicted molar refractivity (Wildman–Crippen MR) is 70.8 cm³/mol. The minimum Gasteiger partial charge on any atom is -0.444 e. The van der Waals surface area contributed by atoms with Crippen LogP contribution in [0.15, 0.2) is 3.92 Å². The normalized spacial score (nSPS) is 15.6. The summed E-state index contributed by atoms with van der Waals surface area (Å²) < 4.78 is 5.91. The lowest BCUT2D eigenvalue weighted by Gasteiger charge is -2.28. The molecule has 0 spiro atoms. The molecule has 1 amide bonds. The Labute approximate surface area is 117 Å². The Bertz CT molecular complexity index is 507. The zero-order chi connectivity index (χ0) is 13.5. The highest BCUT2D eigenvalue weighted by atomic mass is 79.9. The summed E-state index contributed by atoms with van der Waals surface area (Å²) in [7, 11) is 0. The number of halogens is 1. The molecule has 0 bridgehead atoms. The third-order valence-corrected chi connectivity index (χ3v) is 3.75. The first-order chi connectivity index (χ1) is 8.26. The maximum Gasteiger partial charge on any atom is 0.411 e. The number of rotatable bonds is 0. The van der Waals surface area contributed by atoms with Crippen molar-refractivity contribution < 1.29 is 14.3 Å². The number of ether oxygens (including phenoxy) is 1. The topological polar surface area (TPSA) is 59.5 Å². The fourth-order valence-corrected chi connectivity index (χ4v) is 3.16. The van der Waals surface area contributed by atoms with Gasteiger partial charge in [-0.1, -0.05) is 0 Å². The molecule has 0 saturated heterocycles. The molecule has 0 unspecified atom stereocenters. The van der Waals surface area contributed by atoms with Gasteiger partial charge in [0.1, 0.15) is 11.3 Å². The first-order valence-corrected chi connectivity index (χ1v) is 7.03. The van der Waals surface area contributed by atoms with Gasteiger partial charge in [-0.25, -0.2) is 9.78 Å². The molecule has 1 aliphatic heterocycles. The van der Waals surface area contributed by atoms with Crippen molar-refractivity contribution in [2.45, 2.75) is 32.9 Å². The van der Waals surface area contributed by atoms with Crippen LogP contribution in [0.5, 0.6) is 0 Å². The van der Waals surface area contributed by atoms with Crippen LogP contribution in [0.25, 0.3) is 0 Å². The van der Waals surface area contributed by atoms with Gasteiger partial charge in [-0.05, 0) is 36.7 Å². The van der Waals surface area contributed by atoms with Crippen LogP contribution < -0.4 is 0 Å². The van der Waals surface area contributed by atoms with Crippen LogP contribution in [0.1, 0.15) is 36.1 Å². The zero-order valence-electron chi connectivity index (χ0n) is 10.3. The van der Waals surface area contributed by atoms with E-state index in [9.17, 15) is 9.59 Å². The maximum absolute atomic E-state index is 11.9. The summed E-state index contributed by atoms with van der Waals surface area (Å²) in [4.78, 5) is 30.1. The van der Waals surface area contributed by atoms with E-state index in [1.165, 1.54) is 16.2 Å². The number of carbonyl (C=O) groups is 2. The summed E-state index contributed by atoms with van der Waals surface area (Å²) >= 11 is 4.61. The molecule has 1 aromatic heterocycles. The standard InChI is InChI=1S/C11H13BrN2O3S/c1-11(2,3)17-10(16)14-4-6(15)8-7(5-14)18-9(12)13-8/h4-5H2,1-3H3. The SMILES string of the molecule is CC(C)(C)OC(=O)N1CC(=O)c2nc(Br)sc2C1. The minimum atomic E-state index is -0.561. The molecule has 0 fully saturated rings. The quantitative estimate of drug-likeness (QED) is 0.732. The number of hydrogen-bond acceptors (Lipinski definition) is 5. The van der Waals surface area contributed by atoms with E-state index in [0.717, 1.165) is 4.88 Å². The number of fused-ring (bicyclic) bond motifs is 1. The molecular formula is C11H13BrN2O3S. The summed E-state index contributed by atoms with van der Waals surface area (Å²) in [6, 6.07) is 0. The second-order valence-corrected chi connectivity index (χ2v) is 7.36. The van der Waals surface area contributed by atoms with Gasteiger partial charge in [-0.2, -0.15) is 0 Å². The second kappa shape index (κ2) is 4.62. The molecule has 7 heteroatoms. The number of aromatic nitrogens is 1. The van der Waals surface area contributed by atoms with Gasteiger partial charge < -0.3 is 4.74 Å². The summed E-state index contributed by atoms with van der Waals surface area (Å²) in [6.07, 6.45) is -0.467. The number of amides is 1. The Kier molecular flexibility index (Phi) is 3.46. The van der Waals surface area contributed by atoms with Gasteiger partial charge in [0.2, 0.25) is 5.78 Å². The lowest BCUT2D eigenvalue weighted by Crippen LogP contribution is -2.42. The molecule has 0 saturated carbocycles. The van der Waals surface area contributed by atoms with Crippen LogP contribution in [-0.4, -0.2) is 33.9 Å². The summed E-state index contributed by atoms with van der Waals surface area (Å²) in [6.45, 7) is 5.79. The van der Waals surface area contributed by atoms with Gasteiger partial charge in [0.15, 0.2) is 3.92 Å². The molecule has 1 aromatic rings. The van der Waals surface area contributed by atoms with Gasteiger partial charge in [0, 0.05) is 0 Å². The van der Waals surface area contributed by atoms with Crippen LogP contribution in [-0.2, 0) is 11.3 Å². The van der Waals surface area contributed by atoms with E-state index in [4.69, 9.17) is 4.74 Å². The van der Waals surface area contributed by atoms with Gasteiger partial charge in [-0.15, -0.1) is 11.3 Å². The number of nitrogens with zero attached hydrogens (tertiary/aromatic N) is 2. The minimum absolute atomic E-state index is 0.0259. The average Bonchev–Trinajstić information content (AvgIpc) is 2.56. The molecule has 0 N–H and O–H groups in total. The average molecular weight is 333 g/mol. The Balaban J connectivity index is 2.16. The molecule has 0 aliphatic carbocycles. The molecule has 98 valence electrons. The largest absolute Gasteiger partial charge is 0.444 e. The highest BCUT2D eigenvalue weighted by Crippen LogP contribution is 2.28. The summed E-state index contributed by atoms with van der Waals surface area (Å²) in [5.74, 6) is -0.149. The Morgan fingerprint density at radius 3 is 2.72 bits per heavy atom. The molecule has 0 radical (unpaired) electrons. The monoisotopic (exact) mass is 332 g/mol.